The SMILES string of the molecule is CN1Cc2c(Cl)cc(Cl)cc2C(c2ccc(NC(=O)NCC(=O)O)cc2)C1. The lowest BCUT2D eigenvalue weighted by Gasteiger charge is -2.33. The number of nitrogens with zero attached hydrogens (tertiary/aromatic N) is 1. The fourth-order valence-corrected chi connectivity index (χ4v) is 3.83. The molecule has 2 aromatic carbocycles. The summed E-state index contributed by atoms with van der Waals surface area (Å²) >= 11 is 12.6. The Morgan fingerprint density at radius 1 is 1.22 bits per heavy atom. The van der Waals surface area contributed by atoms with E-state index in [1.54, 1.807) is 18.2 Å². The van der Waals surface area contributed by atoms with Gasteiger partial charge in [-0.1, -0.05) is 35.3 Å². The van der Waals surface area contributed by atoms with Crippen LogP contribution in [0.4, 0.5) is 10.5 Å². The van der Waals surface area contributed by atoms with Gasteiger partial charge in [0, 0.05) is 34.7 Å². The Kier molecular flexibility index (Phi) is 5.89. The number of carboxylic acids is 1. The molecular weight excluding hydrogens is 389 g/mol. The van der Waals surface area contributed by atoms with Crippen LogP contribution in [0.1, 0.15) is 22.6 Å². The average molecular weight is 408 g/mol. The minimum atomic E-state index is -1.10. The number of fused-ring (bicyclic) bond motifs is 1. The zero-order valence-electron chi connectivity index (χ0n) is 14.6. The molecule has 142 valence electrons. The molecule has 0 saturated carbocycles. The smallest absolute Gasteiger partial charge is 0.323 e. The van der Waals surface area contributed by atoms with Gasteiger partial charge in [-0.3, -0.25) is 4.79 Å². The Balaban J connectivity index is 1.80. The molecule has 2 aromatic rings. The molecule has 0 bridgehead atoms. The van der Waals surface area contributed by atoms with E-state index in [1.165, 1.54) is 0 Å². The van der Waals surface area contributed by atoms with Gasteiger partial charge in [0.25, 0.3) is 0 Å². The molecule has 0 spiro atoms. The molecule has 27 heavy (non-hydrogen) atoms. The van der Waals surface area contributed by atoms with Crippen molar-refractivity contribution in [1.82, 2.24) is 10.2 Å². The van der Waals surface area contributed by atoms with Crippen molar-refractivity contribution in [3.63, 3.8) is 0 Å². The zero-order chi connectivity index (χ0) is 19.6. The first kappa shape index (κ1) is 19.5. The second-order valence-corrected chi connectivity index (χ2v) is 7.37. The summed E-state index contributed by atoms with van der Waals surface area (Å²) in [6, 6.07) is 10.6. The number of aliphatic carboxylic acids is 1. The van der Waals surface area contributed by atoms with Gasteiger partial charge in [-0.2, -0.15) is 0 Å². The highest BCUT2D eigenvalue weighted by Gasteiger charge is 2.27. The highest BCUT2D eigenvalue weighted by Crippen LogP contribution is 2.38. The molecule has 1 atom stereocenters. The molecule has 3 N–H and O–H groups in total. The summed E-state index contributed by atoms with van der Waals surface area (Å²) in [6.45, 7) is 1.16. The summed E-state index contributed by atoms with van der Waals surface area (Å²) in [6.07, 6.45) is 0. The Morgan fingerprint density at radius 2 is 1.93 bits per heavy atom. The molecule has 6 nitrogen and oxygen atoms in total. The van der Waals surface area contributed by atoms with Gasteiger partial charge in [0.1, 0.15) is 6.54 Å². The fraction of sp³-hybridized carbons (Fsp3) is 0.263. The van der Waals surface area contributed by atoms with Crippen molar-refractivity contribution in [2.24, 2.45) is 0 Å². The Morgan fingerprint density at radius 3 is 2.59 bits per heavy atom. The number of rotatable bonds is 4. The van der Waals surface area contributed by atoms with Crippen molar-refractivity contribution in [1.29, 1.82) is 0 Å². The number of carbonyl (C=O) groups is 2. The van der Waals surface area contributed by atoms with Crippen LogP contribution < -0.4 is 10.6 Å². The number of hydrogen-bond acceptors (Lipinski definition) is 3. The highest BCUT2D eigenvalue weighted by atomic mass is 35.5. The highest BCUT2D eigenvalue weighted by molar-refractivity contribution is 6.35. The van der Waals surface area contributed by atoms with E-state index in [4.69, 9.17) is 28.3 Å². The average Bonchev–Trinajstić information content (AvgIpc) is 2.61. The van der Waals surface area contributed by atoms with Crippen LogP contribution >= 0.6 is 23.2 Å². The molecular formula is C19H19Cl2N3O3. The molecule has 3 rings (SSSR count). The van der Waals surface area contributed by atoms with Crippen LogP contribution in [-0.2, 0) is 11.3 Å². The number of amides is 2. The van der Waals surface area contributed by atoms with E-state index in [9.17, 15) is 9.59 Å². The molecule has 0 aliphatic carbocycles. The monoisotopic (exact) mass is 407 g/mol. The van der Waals surface area contributed by atoms with Crippen molar-refractivity contribution >= 4 is 40.9 Å². The van der Waals surface area contributed by atoms with Gasteiger partial charge in [-0.25, -0.2) is 4.79 Å². The number of urea groups is 1. The molecule has 0 aromatic heterocycles. The van der Waals surface area contributed by atoms with Crippen LogP contribution in [0.25, 0.3) is 0 Å². The summed E-state index contributed by atoms with van der Waals surface area (Å²) < 4.78 is 0. The molecule has 1 heterocycles. The lowest BCUT2D eigenvalue weighted by Crippen LogP contribution is -2.33. The summed E-state index contributed by atoms with van der Waals surface area (Å²) in [7, 11) is 2.05. The second-order valence-electron chi connectivity index (χ2n) is 6.53. The maximum absolute atomic E-state index is 11.7. The molecule has 2 amide bonds. The van der Waals surface area contributed by atoms with Gasteiger partial charge in [-0.15, -0.1) is 0 Å². The lowest BCUT2D eigenvalue weighted by atomic mass is 9.85. The van der Waals surface area contributed by atoms with Crippen LogP contribution in [0.5, 0.6) is 0 Å². The third kappa shape index (κ3) is 4.71. The Bertz CT molecular complexity index is 871. The van der Waals surface area contributed by atoms with E-state index in [1.807, 2.05) is 25.2 Å². The minimum absolute atomic E-state index is 0.116. The molecule has 1 unspecified atom stereocenters. The quantitative estimate of drug-likeness (QED) is 0.720. The molecule has 0 radical (unpaired) electrons. The molecule has 0 fully saturated rings. The maximum atomic E-state index is 11.7. The third-order valence-electron chi connectivity index (χ3n) is 4.46. The predicted octanol–water partition coefficient (Wildman–Crippen LogP) is 3.78. The topological polar surface area (TPSA) is 81.7 Å². The number of benzene rings is 2. The van der Waals surface area contributed by atoms with Crippen LogP contribution in [0.2, 0.25) is 10.0 Å². The van der Waals surface area contributed by atoms with Crippen molar-refractivity contribution in [2.75, 3.05) is 25.5 Å². The summed E-state index contributed by atoms with van der Waals surface area (Å²) in [4.78, 5) is 24.4. The van der Waals surface area contributed by atoms with Crippen molar-refractivity contribution in [3.8, 4) is 0 Å². The largest absolute Gasteiger partial charge is 0.480 e. The minimum Gasteiger partial charge on any atom is -0.480 e. The molecule has 1 aliphatic heterocycles. The van der Waals surface area contributed by atoms with Gasteiger partial charge < -0.3 is 20.6 Å². The zero-order valence-corrected chi connectivity index (χ0v) is 16.1. The third-order valence-corrected chi connectivity index (χ3v) is 5.02. The first-order valence-corrected chi connectivity index (χ1v) is 9.12. The number of carboxylic acid groups (broad SMARTS) is 1. The Labute approximate surface area is 167 Å². The molecule has 1 aliphatic rings. The Hall–Kier alpha value is -2.28. The molecule has 0 saturated heterocycles. The first-order chi connectivity index (χ1) is 12.8. The summed E-state index contributed by atoms with van der Waals surface area (Å²) in [5.41, 5.74) is 3.85. The standard InChI is InChI=1S/C19H19Cl2N3O3/c1-24-9-15(14-6-12(20)7-17(21)16(14)10-24)11-2-4-13(5-3-11)23-19(27)22-8-18(25)26/h2-7,15H,8-10H2,1H3,(H,25,26)(H2,22,23,27). The molecule has 8 heteroatoms. The van der Waals surface area contributed by atoms with Crippen molar-refractivity contribution in [3.05, 3.63) is 63.1 Å². The number of likely N-dealkylation sites (N-methyl/N-ethyl adjacent to an activating group) is 1. The van der Waals surface area contributed by atoms with E-state index in [2.05, 4.69) is 15.5 Å². The van der Waals surface area contributed by atoms with Gasteiger partial charge in [0.15, 0.2) is 0 Å². The number of hydrogen-bond donors (Lipinski definition) is 3. The second kappa shape index (κ2) is 8.17. The summed E-state index contributed by atoms with van der Waals surface area (Å²) in [5.74, 6) is -0.984. The van der Waals surface area contributed by atoms with E-state index >= 15 is 0 Å². The van der Waals surface area contributed by atoms with Crippen molar-refractivity contribution < 1.29 is 14.7 Å². The van der Waals surface area contributed by atoms with Gasteiger partial charge in [-0.05, 0) is 48.0 Å². The number of nitrogens with one attached hydrogen (secondary N) is 2. The van der Waals surface area contributed by atoms with Gasteiger partial charge in [0.05, 0.1) is 0 Å². The van der Waals surface area contributed by atoms with Crippen molar-refractivity contribution in [2.45, 2.75) is 12.5 Å². The number of anilines is 1. The lowest BCUT2D eigenvalue weighted by molar-refractivity contribution is -0.135. The van der Waals surface area contributed by atoms with Gasteiger partial charge in [0.2, 0.25) is 0 Å². The normalized spacial score (nSPS) is 16.5. The van der Waals surface area contributed by atoms with Crippen LogP contribution in [-0.4, -0.2) is 42.1 Å². The van der Waals surface area contributed by atoms with Gasteiger partial charge >= 0.3 is 12.0 Å². The van der Waals surface area contributed by atoms with Crippen LogP contribution in [0.15, 0.2) is 36.4 Å². The van der Waals surface area contributed by atoms with E-state index < -0.39 is 18.5 Å². The van der Waals surface area contributed by atoms with E-state index in [-0.39, 0.29) is 5.92 Å². The summed E-state index contributed by atoms with van der Waals surface area (Å²) in [5, 5.41) is 14.7. The maximum Gasteiger partial charge on any atom is 0.323 e. The van der Waals surface area contributed by atoms with E-state index in [0.29, 0.717) is 15.7 Å². The predicted molar refractivity (Wildman–Crippen MR) is 106 cm³/mol. The van der Waals surface area contributed by atoms with Crippen LogP contribution in [0, 0.1) is 0 Å². The fourth-order valence-electron chi connectivity index (χ4n) is 3.26. The number of halogens is 2. The first-order valence-electron chi connectivity index (χ1n) is 8.36. The van der Waals surface area contributed by atoms with Crippen LogP contribution in [0.3, 0.4) is 0 Å². The number of carbonyl (C=O) groups excluding carboxylic acids is 1. The van der Waals surface area contributed by atoms with E-state index in [0.717, 1.165) is 29.8 Å².